The number of unbranched alkanes of at least 4 members (excludes halogenated alkanes) is 57. The minimum atomic E-state index is -4.96. The molecular formula is C86H168O17P2. The Balaban J connectivity index is 5.10. The summed E-state index contributed by atoms with van der Waals surface area (Å²) in [7, 11) is -9.92. The molecule has 0 fully saturated rings. The average Bonchev–Trinajstić information content (AvgIpc) is 0.911. The molecule has 3 unspecified atom stereocenters. The number of rotatable bonds is 86. The van der Waals surface area contributed by atoms with Crippen LogP contribution in [-0.4, -0.2) is 96.7 Å². The van der Waals surface area contributed by atoms with Crippen molar-refractivity contribution in [2.45, 2.75) is 483 Å². The molecule has 17 nitrogen and oxygen atoms in total. The Kier molecular flexibility index (Phi) is 77.3. The first kappa shape index (κ1) is 103. The van der Waals surface area contributed by atoms with E-state index < -0.39 is 97.5 Å². The van der Waals surface area contributed by atoms with E-state index in [0.717, 1.165) is 102 Å². The van der Waals surface area contributed by atoms with Gasteiger partial charge in [0.05, 0.1) is 26.4 Å². The maximum atomic E-state index is 13.1. The van der Waals surface area contributed by atoms with Gasteiger partial charge in [-0.25, -0.2) is 9.13 Å². The van der Waals surface area contributed by atoms with Crippen LogP contribution in [0.4, 0.5) is 0 Å². The van der Waals surface area contributed by atoms with Crippen LogP contribution < -0.4 is 0 Å². The number of esters is 4. The van der Waals surface area contributed by atoms with E-state index in [0.29, 0.717) is 25.7 Å². The second-order valence-corrected chi connectivity index (χ2v) is 34.1. The lowest BCUT2D eigenvalue weighted by Crippen LogP contribution is -2.30. The van der Waals surface area contributed by atoms with Crippen molar-refractivity contribution >= 4 is 39.5 Å². The van der Waals surface area contributed by atoms with Crippen LogP contribution in [0.2, 0.25) is 0 Å². The zero-order chi connectivity index (χ0) is 76.9. The molecule has 0 aromatic rings. The van der Waals surface area contributed by atoms with Gasteiger partial charge in [-0.2, -0.15) is 0 Å². The first-order valence-corrected chi connectivity index (χ1v) is 47.7. The van der Waals surface area contributed by atoms with Crippen LogP contribution in [0.3, 0.4) is 0 Å². The van der Waals surface area contributed by atoms with Gasteiger partial charge in [-0.15, -0.1) is 0 Å². The molecule has 0 spiro atoms. The summed E-state index contributed by atoms with van der Waals surface area (Å²) in [4.78, 5) is 72.9. The van der Waals surface area contributed by atoms with Gasteiger partial charge < -0.3 is 33.8 Å². The van der Waals surface area contributed by atoms with Crippen molar-refractivity contribution in [3.05, 3.63) is 0 Å². The number of phosphoric acid groups is 2. The molecule has 0 saturated heterocycles. The quantitative estimate of drug-likeness (QED) is 0.0222. The summed E-state index contributed by atoms with van der Waals surface area (Å²) in [5.74, 6) is -1.27. The molecule has 0 heterocycles. The van der Waals surface area contributed by atoms with Gasteiger partial charge in [-0.1, -0.05) is 413 Å². The highest BCUT2D eigenvalue weighted by Gasteiger charge is 2.30. The highest BCUT2D eigenvalue weighted by atomic mass is 31.2. The molecule has 0 aromatic carbocycles. The van der Waals surface area contributed by atoms with Crippen molar-refractivity contribution in [3.63, 3.8) is 0 Å². The van der Waals surface area contributed by atoms with Gasteiger partial charge >= 0.3 is 39.5 Å². The first-order valence-electron chi connectivity index (χ1n) is 44.7. The van der Waals surface area contributed by atoms with E-state index in [1.165, 1.54) is 283 Å². The van der Waals surface area contributed by atoms with E-state index in [9.17, 15) is 43.2 Å². The number of phosphoric ester groups is 2. The largest absolute Gasteiger partial charge is 0.472 e. The zero-order valence-electron chi connectivity index (χ0n) is 68.9. The predicted molar refractivity (Wildman–Crippen MR) is 432 cm³/mol. The predicted octanol–water partition coefficient (Wildman–Crippen LogP) is 26.4. The van der Waals surface area contributed by atoms with Crippen molar-refractivity contribution in [2.24, 2.45) is 5.92 Å². The van der Waals surface area contributed by atoms with E-state index in [-0.39, 0.29) is 25.7 Å². The van der Waals surface area contributed by atoms with Crippen molar-refractivity contribution < 1.29 is 80.2 Å². The van der Waals surface area contributed by atoms with Crippen LogP contribution in [0.15, 0.2) is 0 Å². The molecule has 105 heavy (non-hydrogen) atoms. The number of aliphatic hydroxyl groups excluding tert-OH is 1. The molecule has 19 heteroatoms. The van der Waals surface area contributed by atoms with Gasteiger partial charge in [0.2, 0.25) is 0 Å². The van der Waals surface area contributed by atoms with E-state index >= 15 is 0 Å². The lowest BCUT2D eigenvalue weighted by atomic mass is 9.99. The summed E-state index contributed by atoms with van der Waals surface area (Å²) in [6.07, 6.45) is 72.8. The Labute approximate surface area is 645 Å². The number of carbonyl (C=O) groups is 4. The van der Waals surface area contributed by atoms with Crippen molar-refractivity contribution in [1.29, 1.82) is 0 Å². The second kappa shape index (κ2) is 78.7. The molecule has 624 valence electrons. The van der Waals surface area contributed by atoms with Crippen molar-refractivity contribution in [1.82, 2.24) is 0 Å². The molecular weight excluding hydrogens is 1370 g/mol. The molecule has 0 aromatic heterocycles. The normalized spacial score (nSPS) is 14.0. The first-order chi connectivity index (χ1) is 51.1. The number of ether oxygens (including phenoxy) is 4. The topological polar surface area (TPSA) is 237 Å². The van der Waals surface area contributed by atoms with Gasteiger partial charge in [0.25, 0.3) is 0 Å². The third-order valence-electron chi connectivity index (χ3n) is 20.6. The standard InChI is InChI=1S/C86H168O17P2/c1-6-10-13-16-18-20-22-24-26-28-30-32-33-35-37-39-44-48-52-56-61-67-72-86(91)103-82(76-97-84(89)70-65-60-55-51-47-43-38-36-34-31-29-27-25-23-21-19-17-14-11-7-2)78-101-105(94,95)99-74-80(87)73-98-104(92,93)100-77-81(75-96-83(88)69-64-58-15-12-8-3)102-85(90)71-66-62-57-53-49-45-41-40-42-46-50-54-59-63-68-79(5)9-4/h79-82,87H,6-78H2,1-5H3,(H,92,93)(H,94,95)/t79?,80-,81+,82+/m0/s1. The van der Waals surface area contributed by atoms with Crippen molar-refractivity contribution in [2.75, 3.05) is 39.6 Å². The molecule has 0 aliphatic rings. The lowest BCUT2D eigenvalue weighted by Gasteiger charge is -2.21. The summed E-state index contributed by atoms with van der Waals surface area (Å²) < 4.78 is 68.6. The van der Waals surface area contributed by atoms with Gasteiger partial charge in [0.1, 0.15) is 19.3 Å². The molecule has 0 amide bonds. The summed E-state index contributed by atoms with van der Waals surface area (Å²) >= 11 is 0. The lowest BCUT2D eigenvalue weighted by molar-refractivity contribution is -0.161. The molecule has 0 saturated carbocycles. The third kappa shape index (κ3) is 78.5. The number of carbonyl (C=O) groups excluding carboxylic acids is 4. The van der Waals surface area contributed by atoms with Gasteiger partial charge in [-0.05, 0) is 31.6 Å². The Hall–Kier alpha value is -1.94. The maximum Gasteiger partial charge on any atom is 0.472 e. The highest BCUT2D eigenvalue weighted by Crippen LogP contribution is 2.45. The monoisotopic (exact) mass is 1540 g/mol. The summed E-state index contributed by atoms with van der Waals surface area (Å²) in [6, 6.07) is 0. The number of hydrogen-bond acceptors (Lipinski definition) is 15. The van der Waals surface area contributed by atoms with Gasteiger partial charge in [-0.3, -0.25) is 37.3 Å². The highest BCUT2D eigenvalue weighted by molar-refractivity contribution is 7.47. The molecule has 0 aliphatic heterocycles. The minimum absolute atomic E-state index is 0.107. The van der Waals surface area contributed by atoms with E-state index in [4.69, 9.17) is 37.0 Å². The van der Waals surface area contributed by atoms with Crippen molar-refractivity contribution in [3.8, 4) is 0 Å². The molecule has 3 N–H and O–H groups in total. The average molecular weight is 1540 g/mol. The van der Waals surface area contributed by atoms with Crippen LogP contribution in [0, 0.1) is 5.92 Å². The second-order valence-electron chi connectivity index (χ2n) is 31.2. The summed E-state index contributed by atoms with van der Waals surface area (Å²) in [5, 5.41) is 10.6. The van der Waals surface area contributed by atoms with Crippen LogP contribution in [0.25, 0.3) is 0 Å². The Bertz CT molecular complexity index is 2000. The Morgan fingerprint density at radius 1 is 0.267 bits per heavy atom. The van der Waals surface area contributed by atoms with E-state index in [1.807, 2.05) is 0 Å². The van der Waals surface area contributed by atoms with Crippen LogP contribution in [0.1, 0.15) is 465 Å². The Morgan fingerprint density at radius 2 is 0.457 bits per heavy atom. The molecule has 0 bridgehead atoms. The Morgan fingerprint density at radius 3 is 0.676 bits per heavy atom. The van der Waals surface area contributed by atoms with Gasteiger partial charge in [0.15, 0.2) is 12.2 Å². The maximum absolute atomic E-state index is 13.1. The SMILES string of the molecule is CCCCCCCCCCCCCCCCCCCCCCCCC(=O)O[C@H](COC(=O)CCCCCCCCCCCCCCCCCCCCCC)COP(=O)(O)OC[C@@H](O)COP(=O)(O)OC[C@@H](COC(=O)CCCCCCC)OC(=O)CCCCCCCCCCCCCCCCC(C)CC. The van der Waals surface area contributed by atoms with Crippen LogP contribution in [0.5, 0.6) is 0 Å². The fourth-order valence-electron chi connectivity index (χ4n) is 13.4. The molecule has 6 atom stereocenters. The molecule has 0 aliphatic carbocycles. The van der Waals surface area contributed by atoms with E-state index in [1.54, 1.807) is 0 Å². The van der Waals surface area contributed by atoms with Crippen LogP contribution in [-0.2, 0) is 65.4 Å². The third-order valence-corrected chi connectivity index (χ3v) is 22.5. The molecule has 0 radical (unpaired) electrons. The smallest absolute Gasteiger partial charge is 0.462 e. The minimum Gasteiger partial charge on any atom is -0.462 e. The van der Waals surface area contributed by atoms with E-state index in [2.05, 4.69) is 34.6 Å². The van der Waals surface area contributed by atoms with Crippen LogP contribution >= 0.6 is 15.6 Å². The fourth-order valence-corrected chi connectivity index (χ4v) is 15.0. The number of hydrogen-bond donors (Lipinski definition) is 3. The summed E-state index contributed by atoms with van der Waals surface area (Å²) in [5.41, 5.74) is 0. The fraction of sp³-hybridized carbons (Fsp3) is 0.953. The number of aliphatic hydroxyl groups is 1. The zero-order valence-corrected chi connectivity index (χ0v) is 70.7. The molecule has 0 rings (SSSR count). The summed E-state index contributed by atoms with van der Waals surface area (Å²) in [6.45, 7) is 7.32. The van der Waals surface area contributed by atoms with Gasteiger partial charge in [0, 0.05) is 25.7 Å².